The monoisotopic (exact) mass is 253 g/mol. The molecule has 0 radical (unpaired) electrons. The minimum atomic E-state index is 0.312. The summed E-state index contributed by atoms with van der Waals surface area (Å²) in [6.07, 6.45) is 1.35. The van der Waals surface area contributed by atoms with Crippen molar-refractivity contribution in [3.8, 4) is 0 Å². The van der Waals surface area contributed by atoms with Crippen molar-refractivity contribution < 1.29 is 0 Å². The number of hydrogen-bond donors (Lipinski definition) is 0. The van der Waals surface area contributed by atoms with Crippen molar-refractivity contribution in [2.24, 2.45) is 22.7 Å². The molecule has 1 nitrogen and oxygen atoms in total. The molecule has 0 saturated carbocycles. The average molecular weight is 253 g/mol. The summed E-state index contributed by atoms with van der Waals surface area (Å²) in [5, 5.41) is 0. The van der Waals surface area contributed by atoms with Gasteiger partial charge in [0.05, 0.1) is 0 Å². The van der Waals surface area contributed by atoms with E-state index >= 15 is 0 Å². The van der Waals surface area contributed by atoms with Crippen LogP contribution in [-0.2, 0) is 0 Å². The van der Waals surface area contributed by atoms with Gasteiger partial charge >= 0.3 is 0 Å². The van der Waals surface area contributed by atoms with E-state index in [1.165, 1.54) is 19.5 Å². The van der Waals surface area contributed by atoms with Crippen LogP contribution in [0.2, 0.25) is 0 Å². The molecule has 0 bridgehead atoms. The lowest BCUT2D eigenvalue weighted by atomic mass is 9.61. The molecular formula is C17H35N. The van der Waals surface area contributed by atoms with Gasteiger partial charge in [0, 0.05) is 12.1 Å². The van der Waals surface area contributed by atoms with E-state index in [0.717, 1.165) is 11.8 Å². The summed E-state index contributed by atoms with van der Waals surface area (Å²) < 4.78 is 0. The predicted octanol–water partition coefficient (Wildman–Crippen LogP) is 4.82. The molecule has 1 heteroatoms. The smallest absolute Gasteiger partial charge is 0.0125 e. The highest BCUT2D eigenvalue weighted by atomic mass is 15.2. The molecule has 18 heavy (non-hydrogen) atoms. The Labute approximate surface area is 115 Å². The predicted molar refractivity (Wildman–Crippen MR) is 81.8 cm³/mol. The summed E-state index contributed by atoms with van der Waals surface area (Å²) in [7, 11) is 0. The molecule has 1 heterocycles. The van der Waals surface area contributed by atoms with Crippen molar-refractivity contribution in [2.45, 2.75) is 74.3 Å². The maximum Gasteiger partial charge on any atom is 0.0125 e. The highest BCUT2D eigenvalue weighted by Crippen LogP contribution is 2.46. The van der Waals surface area contributed by atoms with Gasteiger partial charge in [0.15, 0.2) is 0 Å². The van der Waals surface area contributed by atoms with E-state index in [4.69, 9.17) is 0 Å². The zero-order valence-corrected chi connectivity index (χ0v) is 14.2. The Bertz CT molecular complexity index is 271. The van der Waals surface area contributed by atoms with Gasteiger partial charge in [-0.25, -0.2) is 0 Å². The molecule has 0 spiro atoms. The molecule has 1 saturated heterocycles. The summed E-state index contributed by atoms with van der Waals surface area (Å²) in [4.78, 5) is 2.69. The van der Waals surface area contributed by atoms with Crippen LogP contribution < -0.4 is 0 Å². The van der Waals surface area contributed by atoms with Gasteiger partial charge in [-0.2, -0.15) is 0 Å². The molecule has 1 fully saturated rings. The van der Waals surface area contributed by atoms with Gasteiger partial charge in [-0.3, -0.25) is 4.90 Å². The highest BCUT2D eigenvalue weighted by Gasteiger charge is 2.43. The zero-order valence-electron chi connectivity index (χ0n) is 14.2. The van der Waals surface area contributed by atoms with E-state index in [1.54, 1.807) is 0 Å². The van der Waals surface area contributed by atoms with Crippen molar-refractivity contribution in [3.05, 3.63) is 0 Å². The van der Waals surface area contributed by atoms with Crippen molar-refractivity contribution in [1.29, 1.82) is 0 Å². The summed E-state index contributed by atoms with van der Waals surface area (Å²) in [5.74, 6) is 1.64. The minimum absolute atomic E-state index is 0.312. The van der Waals surface area contributed by atoms with Crippen LogP contribution in [-0.4, -0.2) is 23.5 Å². The van der Waals surface area contributed by atoms with E-state index in [9.17, 15) is 0 Å². The largest absolute Gasteiger partial charge is 0.298 e. The van der Waals surface area contributed by atoms with E-state index in [0.29, 0.717) is 16.4 Å². The minimum Gasteiger partial charge on any atom is -0.298 e. The Morgan fingerprint density at radius 1 is 0.722 bits per heavy atom. The normalized spacial score (nSPS) is 28.5. The lowest BCUT2D eigenvalue weighted by molar-refractivity contribution is -0.0373. The van der Waals surface area contributed by atoms with E-state index in [2.05, 4.69) is 67.2 Å². The first-order valence-corrected chi connectivity index (χ1v) is 7.58. The number of hydrogen-bond acceptors (Lipinski definition) is 1. The lowest BCUT2D eigenvalue weighted by Crippen LogP contribution is -2.54. The fraction of sp³-hybridized carbons (Fsp3) is 1.00. The Morgan fingerprint density at radius 2 is 1.17 bits per heavy atom. The molecule has 0 aromatic heterocycles. The molecule has 0 aromatic rings. The summed E-state index contributed by atoms with van der Waals surface area (Å²) >= 11 is 0. The fourth-order valence-electron chi connectivity index (χ4n) is 3.48. The van der Waals surface area contributed by atoms with Crippen LogP contribution in [0, 0.1) is 22.7 Å². The summed E-state index contributed by atoms with van der Waals surface area (Å²) in [6.45, 7) is 24.1. The molecule has 2 unspecified atom stereocenters. The van der Waals surface area contributed by atoms with Gasteiger partial charge in [-0.15, -0.1) is 0 Å². The van der Waals surface area contributed by atoms with Gasteiger partial charge in [-0.1, -0.05) is 41.5 Å². The standard InChI is InChI=1S/C17H35N/c1-15(2,3)13-10-11-18(17(7,8)9)12-14(13)16(4,5)6/h13-14H,10-12H2,1-9H3. The quantitative estimate of drug-likeness (QED) is 0.598. The molecule has 0 N–H and O–H groups in total. The maximum absolute atomic E-state index is 2.69. The molecule has 108 valence electrons. The molecule has 1 aliphatic rings. The molecule has 0 aromatic carbocycles. The number of likely N-dealkylation sites (tertiary alicyclic amines) is 1. The lowest BCUT2D eigenvalue weighted by Gasteiger charge is -2.53. The van der Waals surface area contributed by atoms with Crippen LogP contribution in [0.1, 0.15) is 68.7 Å². The molecule has 0 amide bonds. The highest BCUT2D eigenvalue weighted by molar-refractivity contribution is 4.95. The summed E-state index contributed by atoms with van der Waals surface area (Å²) in [5.41, 5.74) is 1.15. The average Bonchev–Trinajstić information content (AvgIpc) is 2.12. The number of nitrogens with zero attached hydrogens (tertiary/aromatic N) is 1. The van der Waals surface area contributed by atoms with Crippen molar-refractivity contribution in [1.82, 2.24) is 4.90 Å². The van der Waals surface area contributed by atoms with Crippen LogP contribution in [0.4, 0.5) is 0 Å². The zero-order chi connectivity index (χ0) is 14.4. The molecule has 0 aliphatic carbocycles. The topological polar surface area (TPSA) is 3.24 Å². The second-order valence-corrected chi connectivity index (χ2v) is 9.35. The van der Waals surface area contributed by atoms with Gasteiger partial charge in [0.1, 0.15) is 0 Å². The molecule has 1 rings (SSSR count). The van der Waals surface area contributed by atoms with E-state index in [-0.39, 0.29) is 0 Å². The van der Waals surface area contributed by atoms with Crippen molar-refractivity contribution in [3.63, 3.8) is 0 Å². The Hall–Kier alpha value is -0.0400. The Kier molecular flexibility index (Phi) is 4.28. The summed E-state index contributed by atoms with van der Waals surface area (Å²) in [6, 6.07) is 0. The van der Waals surface area contributed by atoms with Gasteiger partial charge in [0.25, 0.3) is 0 Å². The first-order chi connectivity index (χ1) is 7.83. The Morgan fingerprint density at radius 3 is 1.50 bits per heavy atom. The maximum atomic E-state index is 2.69. The fourth-order valence-corrected chi connectivity index (χ4v) is 3.48. The van der Waals surface area contributed by atoms with Crippen LogP contribution in [0.15, 0.2) is 0 Å². The van der Waals surface area contributed by atoms with Crippen LogP contribution >= 0.6 is 0 Å². The second-order valence-electron chi connectivity index (χ2n) is 9.35. The number of rotatable bonds is 0. The van der Waals surface area contributed by atoms with Crippen LogP contribution in [0.5, 0.6) is 0 Å². The molecule has 2 atom stereocenters. The second kappa shape index (κ2) is 4.81. The molecule has 1 aliphatic heterocycles. The first kappa shape index (κ1) is 16.0. The van der Waals surface area contributed by atoms with E-state index in [1.807, 2.05) is 0 Å². The van der Waals surface area contributed by atoms with Gasteiger partial charge in [0.2, 0.25) is 0 Å². The third-order valence-corrected chi connectivity index (χ3v) is 4.79. The SMILES string of the molecule is CC(C)(C)C1CCN(C(C)(C)C)CC1C(C)(C)C. The molecular weight excluding hydrogens is 218 g/mol. The van der Waals surface area contributed by atoms with Gasteiger partial charge in [-0.05, 0) is 56.4 Å². The first-order valence-electron chi connectivity index (χ1n) is 7.58. The van der Waals surface area contributed by atoms with E-state index < -0.39 is 0 Å². The third-order valence-electron chi connectivity index (χ3n) is 4.79. The van der Waals surface area contributed by atoms with Crippen molar-refractivity contribution in [2.75, 3.05) is 13.1 Å². The third kappa shape index (κ3) is 3.73. The Balaban J connectivity index is 2.94. The van der Waals surface area contributed by atoms with Crippen molar-refractivity contribution >= 4 is 0 Å². The number of piperidine rings is 1. The van der Waals surface area contributed by atoms with Crippen LogP contribution in [0.25, 0.3) is 0 Å². The van der Waals surface area contributed by atoms with Crippen LogP contribution in [0.3, 0.4) is 0 Å². The van der Waals surface area contributed by atoms with Gasteiger partial charge < -0.3 is 0 Å².